The van der Waals surface area contributed by atoms with E-state index < -0.39 is 6.10 Å². The van der Waals surface area contributed by atoms with Crippen LogP contribution < -0.4 is 0 Å². The van der Waals surface area contributed by atoms with Gasteiger partial charge in [0.15, 0.2) is 0 Å². The van der Waals surface area contributed by atoms with Crippen molar-refractivity contribution in [2.24, 2.45) is 5.92 Å². The van der Waals surface area contributed by atoms with E-state index in [9.17, 15) is 14.7 Å². The zero-order valence-corrected chi connectivity index (χ0v) is 11.6. The molecule has 0 saturated carbocycles. The standard InChI is InChI=1S/C13H24N2O3/c1-4-6-14-8-13(18)15(9-12(14)17)7-11(16)10(3)5-2/h10-11,16H,4-9H2,1-3H3. The lowest BCUT2D eigenvalue weighted by Gasteiger charge is -2.35. The molecule has 0 aromatic rings. The number of carbonyl (C=O) groups excluding carboxylic acids is 2. The Kier molecular flexibility index (Phi) is 5.59. The van der Waals surface area contributed by atoms with Crippen molar-refractivity contribution in [2.75, 3.05) is 26.2 Å². The highest BCUT2D eigenvalue weighted by molar-refractivity contribution is 5.92. The van der Waals surface area contributed by atoms with Gasteiger partial charge in [-0.3, -0.25) is 9.59 Å². The predicted molar refractivity (Wildman–Crippen MR) is 68.9 cm³/mol. The first kappa shape index (κ1) is 15.0. The van der Waals surface area contributed by atoms with Crippen molar-refractivity contribution in [3.05, 3.63) is 0 Å². The number of carbonyl (C=O) groups is 2. The first-order valence-corrected chi connectivity index (χ1v) is 6.73. The molecule has 2 amide bonds. The van der Waals surface area contributed by atoms with Gasteiger partial charge in [-0.25, -0.2) is 0 Å². The summed E-state index contributed by atoms with van der Waals surface area (Å²) in [5.41, 5.74) is 0. The highest BCUT2D eigenvalue weighted by atomic mass is 16.3. The fourth-order valence-corrected chi connectivity index (χ4v) is 2.02. The van der Waals surface area contributed by atoms with Gasteiger partial charge >= 0.3 is 0 Å². The minimum absolute atomic E-state index is 0.0206. The maximum atomic E-state index is 11.9. The Morgan fingerprint density at radius 2 is 1.72 bits per heavy atom. The Hall–Kier alpha value is -1.10. The van der Waals surface area contributed by atoms with E-state index >= 15 is 0 Å². The number of hydrogen-bond acceptors (Lipinski definition) is 3. The first-order valence-electron chi connectivity index (χ1n) is 6.73. The maximum Gasteiger partial charge on any atom is 0.242 e. The summed E-state index contributed by atoms with van der Waals surface area (Å²) in [5.74, 6) is 0.0554. The highest BCUT2D eigenvalue weighted by Gasteiger charge is 2.31. The summed E-state index contributed by atoms with van der Waals surface area (Å²) in [7, 11) is 0. The number of hydrogen-bond donors (Lipinski definition) is 1. The molecular formula is C13H24N2O3. The van der Waals surface area contributed by atoms with Crippen molar-refractivity contribution < 1.29 is 14.7 Å². The summed E-state index contributed by atoms with van der Waals surface area (Å²) in [6.07, 6.45) is 1.16. The Morgan fingerprint density at radius 1 is 1.17 bits per heavy atom. The molecule has 1 aliphatic heterocycles. The molecule has 1 rings (SSSR count). The molecule has 0 radical (unpaired) electrons. The lowest BCUT2D eigenvalue weighted by molar-refractivity contribution is -0.151. The third-order valence-electron chi connectivity index (χ3n) is 3.56. The average molecular weight is 256 g/mol. The van der Waals surface area contributed by atoms with Crippen LogP contribution in [0.15, 0.2) is 0 Å². The van der Waals surface area contributed by atoms with E-state index in [2.05, 4.69) is 0 Å². The van der Waals surface area contributed by atoms with Gasteiger partial charge in [-0.15, -0.1) is 0 Å². The molecule has 1 N–H and O–H groups in total. The normalized spacial score (nSPS) is 20.2. The zero-order chi connectivity index (χ0) is 13.7. The van der Waals surface area contributed by atoms with E-state index in [-0.39, 0.29) is 37.4 Å². The quantitative estimate of drug-likeness (QED) is 0.751. The van der Waals surface area contributed by atoms with Crippen LogP contribution >= 0.6 is 0 Å². The van der Waals surface area contributed by atoms with Crippen LogP contribution in [0.3, 0.4) is 0 Å². The summed E-state index contributed by atoms with van der Waals surface area (Å²) in [5, 5.41) is 9.92. The molecule has 1 aliphatic rings. The third-order valence-corrected chi connectivity index (χ3v) is 3.56. The molecule has 0 aliphatic carbocycles. The van der Waals surface area contributed by atoms with E-state index in [1.165, 1.54) is 4.90 Å². The van der Waals surface area contributed by atoms with Crippen molar-refractivity contribution in [1.82, 2.24) is 9.80 Å². The smallest absolute Gasteiger partial charge is 0.242 e. The summed E-state index contributed by atoms with van der Waals surface area (Å²) in [6.45, 7) is 7.08. The van der Waals surface area contributed by atoms with Crippen LogP contribution in [-0.4, -0.2) is 59.0 Å². The second kappa shape index (κ2) is 6.73. The van der Waals surface area contributed by atoms with Gasteiger partial charge in [0, 0.05) is 13.1 Å². The molecule has 5 nitrogen and oxygen atoms in total. The van der Waals surface area contributed by atoms with E-state index in [1.807, 2.05) is 20.8 Å². The van der Waals surface area contributed by atoms with Crippen LogP contribution in [0.1, 0.15) is 33.6 Å². The first-order chi connectivity index (χ1) is 8.49. The van der Waals surface area contributed by atoms with Gasteiger partial charge in [0.2, 0.25) is 11.8 Å². The molecule has 1 fully saturated rings. The van der Waals surface area contributed by atoms with Crippen molar-refractivity contribution >= 4 is 11.8 Å². The van der Waals surface area contributed by atoms with Crippen LogP contribution in [0.4, 0.5) is 0 Å². The van der Waals surface area contributed by atoms with E-state index in [0.29, 0.717) is 6.54 Å². The second-order valence-corrected chi connectivity index (χ2v) is 5.04. The predicted octanol–water partition coefficient (Wildman–Crippen LogP) is 0.474. The summed E-state index contributed by atoms with van der Waals surface area (Å²) < 4.78 is 0. The molecule has 5 heteroatoms. The van der Waals surface area contributed by atoms with Gasteiger partial charge in [-0.1, -0.05) is 27.2 Å². The summed E-state index contributed by atoms with van der Waals surface area (Å²) >= 11 is 0. The molecule has 0 bridgehead atoms. The van der Waals surface area contributed by atoms with Crippen LogP contribution in [-0.2, 0) is 9.59 Å². The summed E-state index contributed by atoms with van der Waals surface area (Å²) in [6, 6.07) is 0. The minimum Gasteiger partial charge on any atom is -0.391 e. The Balaban J connectivity index is 2.54. The largest absolute Gasteiger partial charge is 0.391 e. The summed E-state index contributed by atoms with van der Waals surface area (Å²) in [4.78, 5) is 26.8. The lowest BCUT2D eigenvalue weighted by Crippen LogP contribution is -2.55. The Morgan fingerprint density at radius 3 is 2.28 bits per heavy atom. The molecule has 1 saturated heterocycles. The van der Waals surface area contributed by atoms with Crippen LogP contribution in [0.5, 0.6) is 0 Å². The highest BCUT2D eigenvalue weighted by Crippen LogP contribution is 2.12. The van der Waals surface area contributed by atoms with Crippen molar-refractivity contribution in [3.8, 4) is 0 Å². The number of piperazine rings is 1. The van der Waals surface area contributed by atoms with Crippen LogP contribution in [0, 0.1) is 5.92 Å². The van der Waals surface area contributed by atoms with Crippen molar-refractivity contribution in [2.45, 2.75) is 39.7 Å². The van der Waals surface area contributed by atoms with E-state index in [0.717, 1.165) is 12.8 Å². The number of amides is 2. The topological polar surface area (TPSA) is 60.9 Å². The molecule has 1 heterocycles. The van der Waals surface area contributed by atoms with Gasteiger partial charge in [0.05, 0.1) is 19.2 Å². The van der Waals surface area contributed by atoms with Crippen LogP contribution in [0.2, 0.25) is 0 Å². The number of β-amino-alcohol motifs (C(OH)–C–C–N with tert-alkyl or cyclic N) is 1. The zero-order valence-electron chi connectivity index (χ0n) is 11.6. The maximum absolute atomic E-state index is 11.9. The van der Waals surface area contributed by atoms with Crippen molar-refractivity contribution in [3.63, 3.8) is 0 Å². The van der Waals surface area contributed by atoms with E-state index in [1.54, 1.807) is 4.90 Å². The SMILES string of the molecule is CCCN1CC(=O)N(CC(O)C(C)CC)CC1=O. The van der Waals surface area contributed by atoms with Crippen molar-refractivity contribution in [1.29, 1.82) is 0 Å². The van der Waals surface area contributed by atoms with Gasteiger partial charge in [-0.2, -0.15) is 0 Å². The van der Waals surface area contributed by atoms with Gasteiger partial charge in [0.1, 0.15) is 0 Å². The molecule has 0 spiro atoms. The second-order valence-electron chi connectivity index (χ2n) is 5.04. The fourth-order valence-electron chi connectivity index (χ4n) is 2.02. The number of aliphatic hydroxyl groups excluding tert-OH is 1. The molecule has 18 heavy (non-hydrogen) atoms. The van der Waals surface area contributed by atoms with Gasteiger partial charge in [-0.05, 0) is 12.3 Å². The van der Waals surface area contributed by atoms with Gasteiger partial charge in [0.25, 0.3) is 0 Å². The number of aliphatic hydroxyl groups is 1. The average Bonchev–Trinajstić information content (AvgIpc) is 2.34. The lowest BCUT2D eigenvalue weighted by atomic mass is 10.0. The third kappa shape index (κ3) is 3.70. The molecule has 2 unspecified atom stereocenters. The monoisotopic (exact) mass is 256 g/mol. The molecule has 104 valence electrons. The van der Waals surface area contributed by atoms with E-state index in [4.69, 9.17) is 0 Å². The number of nitrogens with zero attached hydrogens (tertiary/aromatic N) is 2. The molecule has 0 aromatic heterocycles. The van der Waals surface area contributed by atoms with Gasteiger partial charge < -0.3 is 14.9 Å². The minimum atomic E-state index is -0.551. The molecular weight excluding hydrogens is 232 g/mol. The van der Waals surface area contributed by atoms with Crippen LogP contribution in [0.25, 0.3) is 0 Å². The Labute approximate surface area is 109 Å². The Bertz CT molecular complexity index is 307. The number of rotatable bonds is 6. The molecule has 2 atom stereocenters. The molecule has 0 aromatic carbocycles. The fraction of sp³-hybridized carbons (Fsp3) is 0.846.